The van der Waals surface area contributed by atoms with E-state index in [1.165, 1.54) is 0 Å². The van der Waals surface area contributed by atoms with E-state index in [4.69, 9.17) is 19.3 Å². The van der Waals surface area contributed by atoms with Crippen molar-refractivity contribution >= 4 is 17.9 Å². The SMILES string of the molecule is COc1cccc(N=Cc2ccc(OCc3ccc(C(=O)O)cc3)c(OC)c2)c1. The Bertz CT molecular complexity index is 1010. The van der Waals surface area contributed by atoms with Crippen LogP contribution >= 0.6 is 0 Å². The van der Waals surface area contributed by atoms with Crippen LogP contribution in [0, 0.1) is 0 Å². The molecule has 0 spiro atoms. The third kappa shape index (κ3) is 5.35. The molecule has 0 unspecified atom stereocenters. The summed E-state index contributed by atoms with van der Waals surface area (Å²) in [6.45, 7) is 0.299. The molecule has 0 bridgehead atoms. The van der Waals surface area contributed by atoms with E-state index in [1.807, 2.05) is 42.5 Å². The van der Waals surface area contributed by atoms with Gasteiger partial charge in [-0.05, 0) is 53.6 Å². The zero-order valence-corrected chi connectivity index (χ0v) is 16.2. The third-order valence-corrected chi connectivity index (χ3v) is 4.20. The van der Waals surface area contributed by atoms with Crippen molar-refractivity contribution in [3.63, 3.8) is 0 Å². The summed E-state index contributed by atoms with van der Waals surface area (Å²) in [5.74, 6) is 0.970. The molecule has 0 aliphatic carbocycles. The molecule has 0 aliphatic rings. The summed E-state index contributed by atoms with van der Waals surface area (Å²) < 4.78 is 16.5. The van der Waals surface area contributed by atoms with Crippen molar-refractivity contribution in [2.24, 2.45) is 4.99 Å². The standard InChI is InChI=1S/C23H21NO5/c1-27-20-5-3-4-19(13-20)24-14-17-8-11-21(22(12-17)28-2)29-15-16-6-9-18(10-7-16)23(25)26/h3-14H,15H2,1-2H3,(H,25,26). The second-order valence-electron chi connectivity index (χ2n) is 6.16. The van der Waals surface area contributed by atoms with Crippen LogP contribution in [0.5, 0.6) is 17.2 Å². The highest BCUT2D eigenvalue weighted by Crippen LogP contribution is 2.29. The van der Waals surface area contributed by atoms with E-state index in [9.17, 15) is 4.79 Å². The molecule has 0 aromatic heterocycles. The Morgan fingerprint density at radius 1 is 0.966 bits per heavy atom. The number of ether oxygens (including phenoxy) is 3. The van der Waals surface area contributed by atoms with E-state index in [1.54, 1.807) is 44.7 Å². The molecule has 0 radical (unpaired) electrons. The molecule has 29 heavy (non-hydrogen) atoms. The first kappa shape index (κ1) is 19.9. The predicted octanol–water partition coefficient (Wildman–Crippen LogP) is 4.73. The number of rotatable bonds is 8. The van der Waals surface area contributed by atoms with Crippen molar-refractivity contribution in [1.82, 2.24) is 0 Å². The van der Waals surface area contributed by atoms with Crippen LogP contribution in [-0.4, -0.2) is 31.5 Å². The highest BCUT2D eigenvalue weighted by Gasteiger charge is 2.07. The fourth-order valence-corrected chi connectivity index (χ4v) is 2.63. The van der Waals surface area contributed by atoms with Crippen LogP contribution in [0.1, 0.15) is 21.5 Å². The van der Waals surface area contributed by atoms with Crippen molar-refractivity contribution in [3.05, 3.63) is 83.4 Å². The second kappa shape index (κ2) is 9.41. The summed E-state index contributed by atoms with van der Waals surface area (Å²) in [4.78, 5) is 15.4. The number of methoxy groups -OCH3 is 2. The van der Waals surface area contributed by atoms with Crippen LogP contribution in [0.3, 0.4) is 0 Å². The quantitative estimate of drug-likeness (QED) is 0.562. The van der Waals surface area contributed by atoms with Crippen LogP contribution in [0.2, 0.25) is 0 Å². The number of aliphatic imine (C=N–C) groups is 1. The maximum Gasteiger partial charge on any atom is 0.335 e. The molecule has 0 aliphatic heterocycles. The first-order valence-electron chi connectivity index (χ1n) is 8.90. The second-order valence-corrected chi connectivity index (χ2v) is 6.16. The molecule has 0 amide bonds. The van der Waals surface area contributed by atoms with Crippen molar-refractivity contribution in [3.8, 4) is 17.2 Å². The number of carboxylic acids is 1. The van der Waals surface area contributed by atoms with E-state index in [-0.39, 0.29) is 5.56 Å². The van der Waals surface area contributed by atoms with Gasteiger partial charge in [0, 0.05) is 12.3 Å². The van der Waals surface area contributed by atoms with Gasteiger partial charge in [0.2, 0.25) is 0 Å². The van der Waals surface area contributed by atoms with Gasteiger partial charge in [-0.25, -0.2) is 4.79 Å². The van der Waals surface area contributed by atoms with Gasteiger partial charge in [-0.15, -0.1) is 0 Å². The summed E-state index contributed by atoms with van der Waals surface area (Å²) in [6, 6.07) is 19.6. The Morgan fingerprint density at radius 3 is 2.45 bits per heavy atom. The lowest BCUT2D eigenvalue weighted by atomic mass is 10.1. The topological polar surface area (TPSA) is 77.4 Å². The number of aromatic carboxylic acids is 1. The van der Waals surface area contributed by atoms with E-state index >= 15 is 0 Å². The number of hydrogen-bond acceptors (Lipinski definition) is 5. The van der Waals surface area contributed by atoms with Gasteiger partial charge in [-0.1, -0.05) is 18.2 Å². The summed E-state index contributed by atoms with van der Waals surface area (Å²) in [7, 11) is 3.19. The molecule has 3 rings (SSSR count). The fraction of sp³-hybridized carbons (Fsp3) is 0.130. The molecule has 3 aromatic carbocycles. The van der Waals surface area contributed by atoms with Crippen LogP contribution in [-0.2, 0) is 6.61 Å². The minimum Gasteiger partial charge on any atom is -0.497 e. The van der Waals surface area contributed by atoms with E-state index in [0.29, 0.717) is 18.1 Å². The molecular weight excluding hydrogens is 370 g/mol. The van der Waals surface area contributed by atoms with Gasteiger partial charge < -0.3 is 19.3 Å². The lowest BCUT2D eigenvalue weighted by Gasteiger charge is -2.11. The van der Waals surface area contributed by atoms with E-state index in [0.717, 1.165) is 22.6 Å². The molecule has 0 saturated heterocycles. The number of nitrogens with zero attached hydrogens (tertiary/aromatic N) is 1. The van der Waals surface area contributed by atoms with Crippen LogP contribution < -0.4 is 14.2 Å². The molecule has 0 heterocycles. The monoisotopic (exact) mass is 391 g/mol. The van der Waals surface area contributed by atoms with Gasteiger partial charge in [0.05, 0.1) is 25.5 Å². The third-order valence-electron chi connectivity index (χ3n) is 4.20. The first-order valence-corrected chi connectivity index (χ1v) is 8.90. The summed E-state index contributed by atoms with van der Waals surface area (Å²) in [5, 5.41) is 8.96. The van der Waals surface area contributed by atoms with Crippen LogP contribution in [0.25, 0.3) is 0 Å². The minimum atomic E-state index is -0.953. The Hall–Kier alpha value is -3.80. The van der Waals surface area contributed by atoms with Crippen molar-refractivity contribution in [2.75, 3.05) is 14.2 Å². The van der Waals surface area contributed by atoms with Crippen molar-refractivity contribution in [2.45, 2.75) is 6.61 Å². The lowest BCUT2D eigenvalue weighted by Crippen LogP contribution is -2.00. The Kier molecular flexibility index (Phi) is 6.47. The molecule has 3 aromatic rings. The summed E-state index contributed by atoms with van der Waals surface area (Å²) in [6.07, 6.45) is 1.74. The zero-order chi connectivity index (χ0) is 20.6. The average Bonchev–Trinajstić information content (AvgIpc) is 2.76. The molecule has 0 saturated carbocycles. The van der Waals surface area contributed by atoms with Crippen LogP contribution in [0.4, 0.5) is 5.69 Å². The smallest absolute Gasteiger partial charge is 0.335 e. The maximum atomic E-state index is 10.9. The van der Waals surface area contributed by atoms with E-state index < -0.39 is 5.97 Å². The van der Waals surface area contributed by atoms with Gasteiger partial charge in [-0.2, -0.15) is 0 Å². The van der Waals surface area contributed by atoms with Gasteiger partial charge >= 0.3 is 5.97 Å². The zero-order valence-electron chi connectivity index (χ0n) is 16.2. The average molecular weight is 391 g/mol. The molecule has 148 valence electrons. The van der Waals surface area contributed by atoms with Gasteiger partial charge in [-0.3, -0.25) is 4.99 Å². The molecule has 0 fully saturated rings. The summed E-state index contributed by atoms with van der Waals surface area (Å²) in [5.41, 5.74) is 2.75. The minimum absolute atomic E-state index is 0.242. The highest BCUT2D eigenvalue weighted by atomic mass is 16.5. The number of carboxylic acid groups (broad SMARTS) is 1. The van der Waals surface area contributed by atoms with Crippen molar-refractivity contribution in [1.29, 1.82) is 0 Å². The number of hydrogen-bond donors (Lipinski definition) is 1. The number of carbonyl (C=O) groups is 1. The maximum absolute atomic E-state index is 10.9. The van der Waals surface area contributed by atoms with Gasteiger partial charge in [0.25, 0.3) is 0 Å². The van der Waals surface area contributed by atoms with Gasteiger partial charge in [0.1, 0.15) is 12.4 Å². The van der Waals surface area contributed by atoms with Crippen LogP contribution in [0.15, 0.2) is 71.7 Å². The van der Waals surface area contributed by atoms with Crippen molar-refractivity contribution < 1.29 is 24.1 Å². The Morgan fingerprint density at radius 2 is 1.76 bits per heavy atom. The lowest BCUT2D eigenvalue weighted by molar-refractivity contribution is 0.0697. The predicted molar refractivity (Wildman–Crippen MR) is 111 cm³/mol. The highest BCUT2D eigenvalue weighted by molar-refractivity contribution is 5.87. The molecule has 6 heteroatoms. The molecule has 1 N–H and O–H groups in total. The molecule has 6 nitrogen and oxygen atoms in total. The Balaban J connectivity index is 1.69. The molecule has 0 atom stereocenters. The largest absolute Gasteiger partial charge is 0.497 e. The Labute approximate surface area is 169 Å². The van der Waals surface area contributed by atoms with Gasteiger partial charge in [0.15, 0.2) is 11.5 Å². The summed E-state index contributed by atoms with van der Waals surface area (Å²) >= 11 is 0. The number of benzene rings is 3. The first-order chi connectivity index (χ1) is 14.1. The van der Waals surface area contributed by atoms with E-state index in [2.05, 4.69) is 4.99 Å². The fourth-order valence-electron chi connectivity index (χ4n) is 2.63. The normalized spacial score (nSPS) is 10.7. The molecular formula is C23H21NO5.